The lowest BCUT2D eigenvalue weighted by atomic mass is 9.92. The van der Waals surface area contributed by atoms with Crippen LogP contribution < -0.4 is 10.1 Å². The van der Waals surface area contributed by atoms with Crippen molar-refractivity contribution in [2.75, 3.05) is 13.1 Å². The Morgan fingerprint density at radius 2 is 1.65 bits per heavy atom. The maximum atomic E-state index is 12.9. The Balaban J connectivity index is 1.28. The maximum Gasteiger partial charge on any atom is 0.316 e. The van der Waals surface area contributed by atoms with Crippen LogP contribution in [0.25, 0.3) is 0 Å². The van der Waals surface area contributed by atoms with Crippen LogP contribution >= 0.6 is 0 Å². The molecule has 0 radical (unpaired) electrons. The first kappa shape index (κ1) is 21.6. The molecular formula is C21H25FN4O4S. The molecule has 2 heterocycles. The van der Waals surface area contributed by atoms with Crippen molar-refractivity contribution >= 4 is 15.9 Å². The van der Waals surface area contributed by atoms with Crippen molar-refractivity contribution < 1.29 is 22.3 Å². The Labute approximate surface area is 180 Å². The summed E-state index contributed by atoms with van der Waals surface area (Å²) in [5, 5.41) is 3.01. The van der Waals surface area contributed by atoms with E-state index in [1.54, 1.807) is 12.1 Å². The summed E-state index contributed by atoms with van der Waals surface area (Å²) in [5.41, 5.74) is 0.429. The molecule has 0 atom stereocenters. The molecule has 1 saturated heterocycles. The number of rotatable bonds is 6. The molecule has 2 aliphatic rings. The van der Waals surface area contributed by atoms with Crippen molar-refractivity contribution in [1.29, 1.82) is 0 Å². The van der Waals surface area contributed by atoms with Crippen molar-refractivity contribution in [2.24, 2.45) is 0 Å². The highest BCUT2D eigenvalue weighted by molar-refractivity contribution is 7.89. The van der Waals surface area contributed by atoms with E-state index in [1.165, 1.54) is 16.4 Å². The normalized spacial score (nSPS) is 22.2. The van der Waals surface area contributed by atoms with Crippen LogP contribution in [0.5, 0.6) is 6.01 Å². The van der Waals surface area contributed by atoms with E-state index in [0.717, 1.165) is 50.9 Å². The van der Waals surface area contributed by atoms with Crippen LogP contribution in [0.4, 0.5) is 4.39 Å². The number of carbonyl (C=O) groups is 1. The largest absolute Gasteiger partial charge is 0.460 e. The molecule has 1 aromatic heterocycles. The molecule has 2 fully saturated rings. The maximum absolute atomic E-state index is 12.9. The number of sulfonamides is 1. The molecule has 8 nitrogen and oxygen atoms in total. The lowest BCUT2D eigenvalue weighted by Crippen LogP contribution is -2.39. The van der Waals surface area contributed by atoms with Gasteiger partial charge in [0.25, 0.3) is 5.91 Å². The van der Waals surface area contributed by atoms with Crippen LogP contribution in [-0.4, -0.2) is 53.8 Å². The third kappa shape index (κ3) is 5.19. The lowest BCUT2D eigenvalue weighted by molar-refractivity contribution is 0.0885. The van der Waals surface area contributed by atoms with E-state index in [2.05, 4.69) is 15.3 Å². The highest BCUT2D eigenvalue weighted by Gasteiger charge is 2.28. The summed E-state index contributed by atoms with van der Waals surface area (Å²) in [5.74, 6) is -0.739. The van der Waals surface area contributed by atoms with Gasteiger partial charge in [0.1, 0.15) is 6.10 Å². The van der Waals surface area contributed by atoms with E-state index in [1.807, 2.05) is 0 Å². The first-order valence-corrected chi connectivity index (χ1v) is 11.9. The zero-order chi connectivity index (χ0) is 21.8. The number of amides is 1. The minimum Gasteiger partial charge on any atom is -0.460 e. The first-order chi connectivity index (χ1) is 14.9. The molecule has 31 heavy (non-hydrogen) atoms. The van der Waals surface area contributed by atoms with Gasteiger partial charge in [-0.3, -0.25) is 4.79 Å². The van der Waals surface area contributed by atoms with E-state index in [0.29, 0.717) is 18.7 Å². The van der Waals surface area contributed by atoms with Crippen LogP contribution in [0.3, 0.4) is 0 Å². The summed E-state index contributed by atoms with van der Waals surface area (Å²) in [7, 11) is -3.49. The van der Waals surface area contributed by atoms with E-state index in [4.69, 9.17) is 4.74 Å². The second-order valence-corrected chi connectivity index (χ2v) is 9.82. The molecule has 10 heteroatoms. The predicted molar refractivity (Wildman–Crippen MR) is 111 cm³/mol. The number of hydrogen-bond donors (Lipinski definition) is 1. The fourth-order valence-corrected chi connectivity index (χ4v) is 5.48. The average Bonchev–Trinajstić information content (AvgIpc) is 3.33. The lowest BCUT2D eigenvalue weighted by Gasteiger charge is -2.28. The monoisotopic (exact) mass is 448 g/mol. The van der Waals surface area contributed by atoms with Crippen LogP contribution in [0.2, 0.25) is 0 Å². The van der Waals surface area contributed by atoms with Gasteiger partial charge in [-0.05, 0) is 62.8 Å². The van der Waals surface area contributed by atoms with E-state index < -0.39 is 15.8 Å². The number of nitrogens with zero attached hydrogens (tertiary/aromatic N) is 3. The number of hydrogen-bond acceptors (Lipinski definition) is 6. The van der Waals surface area contributed by atoms with Crippen molar-refractivity contribution in [3.05, 3.63) is 48.0 Å². The Hall–Kier alpha value is -2.59. The molecule has 1 aliphatic carbocycles. The number of aromatic nitrogens is 2. The molecule has 1 aromatic carbocycles. The molecule has 1 saturated carbocycles. The second-order valence-electron chi connectivity index (χ2n) is 7.88. The average molecular weight is 449 g/mol. The Bertz CT molecular complexity index is 1000. The van der Waals surface area contributed by atoms with E-state index >= 15 is 0 Å². The van der Waals surface area contributed by atoms with Gasteiger partial charge >= 0.3 is 6.01 Å². The molecule has 0 unspecified atom stereocenters. The Morgan fingerprint density at radius 1 is 1.03 bits per heavy atom. The van der Waals surface area contributed by atoms with Gasteiger partial charge in [-0.15, -0.1) is 0 Å². The number of benzene rings is 1. The fraction of sp³-hybridized carbons (Fsp3) is 0.476. The smallest absolute Gasteiger partial charge is 0.316 e. The van der Waals surface area contributed by atoms with Gasteiger partial charge in [-0.1, -0.05) is 0 Å². The highest BCUT2D eigenvalue weighted by Crippen LogP contribution is 2.23. The summed E-state index contributed by atoms with van der Waals surface area (Å²) in [6.45, 7) is 1.09. The highest BCUT2D eigenvalue weighted by atomic mass is 32.2. The molecule has 4 rings (SSSR count). The minimum atomic E-state index is -3.49. The standard InChI is InChI=1S/C21H25FN4O4S/c22-16-13-23-21(24-14-16)30-18-7-5-17(6-8-18)25-20(27)15-3-9-19(10-4-15)31(28,29)26-11-1-2-12-26/h3-4,9-10,13-14,17-18H,1-2,5-8,11-12H2,(H,25,27). The van der Waals surface area contributed by atoms with Crippen molar-refractivity contribution in [1.82, 2.24) is 19.6 Å². The molecule has 0 spiro atoms. The van der Waals surface area contributed by atoms with Gasteiger partial charge in [0.15, 0.2) is 5.82 Å². The third-order valence-electron chi connectivity index (χ3n) is 5.70. The molecular weight excluding hydrogens is 423 g/mol. The summed E-state index contributed by atoms with van der Waals surface area (Å²) in [6.07, 6.45) is 6.73. The van der Waals surface area contributed by atoms with Crippen LogP contribution in [0, 0.1) is 5.82 Å². The van der Waals surface area contributed by atoms with Crippen molar-refractivity contribution in [3.8, 4) is 6.01 Å². The zero-order valence-corrected chi connectivity index (χ0v) is 17.9. The second kappa shape index (κ2) is 9.27. The quantitative estimate of drug-likeness (QED) is 0.729. The topological polar surface area (TPSA) is 101 Å². The SMILES string of the molecule is O=C(NC1CCC(Oc2ncc(F)cn2)CC1)c1ccc(S(=O)(=O)N2CCCC2)cc1. The van der Waals surface area contributed by atoms with E-state index in [9.17, 15) is 17.6 Å². The number of halogens is 1. The summed E-state index contributed by atoms with van der Waals surface area (Å²) >= 11 is 0. The first-order valence-electron chi connectivity index (χ1n) is 10.5. The summed E-state index contributed by atoms with van der Waals surface area (Å²) in [4.78, 5) is 20.4. The molecule has 1 amide bonds. The van der Waals surface area contributed by atoms with Gasteiger partial charge in [-0.2, -0.15) is 4.31 Å². The number of nitrogens with one attached hydrogen (secondary N) is 1. The van der Waals surface area contributed by atoms with E-state index in [-0.39, 0.29) is 29.0 Å². The number of carbonyl (C=O) groups excluding carboxylic acids is 1. The predicted octanol–water partition coefficient (Wildman–Crippen LogP) is 2.52. The van der Waals surface area contributed by atoms with Crippen molar-refractivity contribution in [2.45, 2.75) is 55.6 Å². The van der Waals surface area contributed by atoms with Crippen LogP contribution in [0.15, 0.2) is 41.6 Å². The molecule has 1 N–H and O–H groups in total. The molecule has 2 aromatic rings. The van der Waals surface area contributed by atoms with Crippen molar-refractivity contribution in [3.63, 3.8) is 0 Å². The number of ether oxygens (including phenoxy) is 1. The minimum absolute atomic E-state index is 0.00879. The van der Waals surface area contributed by atoms with Gasteiger partial charge in [0.2, 0.25) is 10.0 Å². The van der Waals surface area contributed by atoms with Crippen LogP contribution in [-0.2, 0) is 10.0 Å². The van der Waals surface area contributed by atoms with Gasteiger partial charge in [-0.25, -0.2) is 22.8 Å². The van der Waals surface area contributed by atoms with Gasteiger partial charge in [0.05, 0.1) is 17.3 Å². The molecule has 0 bridgehead atoms. The third-order valence-corrected chi connectivity index (χ3v) is 7.61. The van der Waals surface area contributed by atoms with Gasteiger partial charge < -0.3 is 10.1 Å². The molecule has 166 valence electrons. The summed E-state index contributed by atoms with van der Waals surface area (Å²) in [6, 6.07) is 6.26. The fourth-order valence-electron chi connectivity index (χ4n) is 3.96. The van der Waals surface area contributed by atoms with Crippen LogP contribution in [0.1, 0.15) is 48.9 Å². The molecule has 1 aliphatic heterocycles. The van der Waals surface area contributed by atoms with Gasteiger partial charge in [0, 0.05) is 24.7 Å². The zero-order valence-electron chi connectivity index (χ0n) is 17.0. The summed E-state index contributed by atoms with van der Waals surface area (Å²) < 4.78 is 45.2. The Morgan fingerprint density at radius 3 is 2.26 bits per heavy atom. The Kier molecular flexibility index (Phi) is 6.47.